The third kappa shape index (κ3) is 4.87. The summed E-state index contributed by atoms with van der Waals surface area (Å²) in [7, 11) is -3.51. The summed E-state index contributed by atoms with van der Waals surface area (Å²) >= 11 is 23.6. The van der Waals surface area contributed by atoms with Crippen molar-refractivity contribution in [1.29, 1.82) is 0 Å². The summed E-state index contributed by atoms with van der Waals surface area (Å²) in [6.45, 7) is 0. The normalized spacial score (nSPS) is 13.7. The van der Waals surface area contributed by atoms with E-state index in [4.69, 9.17) is 46.4 Å². The minimum Gasteiger partial charge on any atom is -0.211 e. The Morgan fingerprint density at radius 3 is 2.06 bits per heavy atom. The summed E-state index contributed by atoms with van der Waals surface area (Å²) in [5.41, 5.74) is 0.423. The Hall–Kier alpha value is 0.480. The SMILES string of the molecule is CS(=O)(=O)N(SC(Cl)C(Cl)Cl)c1ccc(Cl)cc1. The number of halogens is 4. The number of alkyl halides is 3. The largest absolute Gasteiger partial charge is 0.241 e. The van der Waals surface area contributed by atoms with Crippen LogP contribution in [0, 0.1) is 0 Å². The molecule has 0 saturated carbocycles. The molecule has 0 aliphatic carbocycles. The second-order valence-electron chi connectivity index (χ2n) is 3.26. The van der Waals surface area contributed by atoms with Crippen molar-refractivity contribution in [1.82, 2.24) is 0 Å². The van der Waals surface area contributed by atoms with Crippen molar-refractivity contribution in [3.05, 3.63) is 29.3 Å². The highest BCUT2D eigenvalue weighted by Crippen LogP contribution is 2.34. The highest BCUT2D eigenvalue weighted by Gasteiger charge is 2.25. The fraction of sp³-hybridized carbons (Fsp3) is 0.333. The van der Waals surface area contributed by atoms with E-state index in [0.717, 1.165) is 21.9 Å². The smallest absolute Gasteiger partial charge is 0.211 e. The average Bonchev–Trinajstić information content (AvgIpc) is 2.25. The Morgan fingerprint density at radius 2 is 1.67 bits per heavy atom. The van der Waals surface area contributed by atoms with Crippen LogP contribution in [0.3, 0.4) is 0 Å². The van der Waals surface area contributed by atoms with Crippen molar-refractivity contribution in [3.8, 4) is 0 Å². The summed E-state index contributed by atoms with van der Waals surface area (Å²) in [5, 5.41) is 0.507. The lowest BCUT2D eigenvalue weighted by atomic mass is 10.3. The summed E-state index contributed by atoms with van der Waals surface area (Å²) in [6, 6.07) is 6.30. The molecule has 1 unspecified atom stereocenters. The first-order valence-electron chi connectivity index (χ1n) is 4.56. The van der Waals surface area contributed by atoms with Gasteiger partial charge in [0.05, 0.1) is 11.9 Å². The third-order valence-corrected chi connectivity index (χ3v) is 6.30. The zero-order valence-corrected chi connectivity index (χ0v) is 13.7. The van der Waals surface area contributed by atoms with Crippen molar-refractivity contribution < 1.29 is 8.42 Å². The maximum Gasteiger partial charge on any atom is 0.241 e. The molecule has 18 heavy (non-hydrogen) atoms. The van der Waals surface area contributed by atoms with Crippen LogP contribution >= 0.6 is 58.4 Å². The Balaban J connectivity index is 3.03. The molecule has 0 heterocycles. The predicted octanol–water partition coefficient (Wildman–Crippen LogP) is 4.12. The molecule has 0 fully saturated rings. The van der Waals surface area contributed by atoms with Gasteiger partial charge in [-0.05, 0) is 36.2 Å². The van der Waals surface area contributed by atoms with E-state index in [-0.39, 0.29) is 0 Å². The molecule has 102 valence electrons. The zero-order valence-electron chi connectivity index (χ0n) is 9.06. The monoisotopic (exact) mass is 367 g/mol. The lowest BCUT2D eigenvalue weighted by molar-refractivity contribution is 0.604. The quantitative estimate of drug-likeness (QED) is 0.579. The van der Waals surface area contributed by atoms with Crippen LogP contribution in [0.15, 0.2) is 24.3 Å². The lowest BCUT2D eigenvalue weighted by Crippen LogP contribution is -2.26. The first kappa shape index (κ1) is 16.5. The number of rotatable bonds is 5. The van der Waals surface area contributed by atoms with Gasteiger partial charge in [-0.25, -0.2) is 12.1 Å². The fourth-order valence-corrected chi connectivity index (χ4v) is 3.74. The van der Waals surface area contributed by atoms with E-state index < -0.39 is 19.6 Å². The van der Waals surface area contributed by atoms with Crippen LogP contribution in [0.1, 0.15) is 0 Å². The summed E-state index contributed by atoms with van der Waals surface area (Å²) in [5.74, 6) is 0. The Bertz CT molecular complexity index is 492. The van der Waals surface area contributed by atoms with E-state index in [0.29, 0.717) is 10.7 Å². The number of sulfonamides is 1. The van der Waals surface area contributed by atoms with Crippen molar-refractivity contribution in [2.75, 3.05) is 9.97 Å². The molecule has 0 aliphatic heterocycles. The minimum atomic E-state index is -3.51. The molecule has 1 atom stereocenters. The first-order chi connectivity index (χ1) is 8.21. The molecular weight excluding hydrogens is 360 g/mol. The van der Waals surface area contributed by atoms with Gasteiger partial charge in [0.25, 0.3) is 0 Å². The Labute approximate surface area is 131 Å². The minimum absolute atomic E-state index is 0.423. The Morgan fingerprint density at radius 1 is 1.17 bits per heavy atom. The molecule has 0 N–H and O–H groups in total. The maximum absolute atomic E-state index is 11.7. The fourth-order valence-electron chi connectivity index (χ4n) is 1.03. The molecule has 1 rings (SSSR count). The molecule has 0 bridgehead atoms. The van der Waals surface area contributed by atoms with Gasteiger partial charge in [0.1, 0.15) is 9.55 Å². The molecule has 9 heteroatoms. The summed E-state index contributed by atoms with van der Waals surface area (Å²) in [6.07, 6.45) is 1.07. The zero-order chi connectivity index (χ0) is 13.9. The van der Waals surface area contributed by atoms with Gasteiger partial charge in [-0.1, -0.05) is 11.6 Å². The molecule has 0 saturated heterocycles. The van der Waals surface area contributed by atoms with Gasteiger partial charge in [0.2, 0.25) is 10.0 Å². The van der Waals surface area contributed by atoms with Gasteiger partial charge in [-0.15, -0.1) is 34.8 Å². The number of nitrogens with zero attached hydrogens (tertiary/aromatic N) is 1. The molecule has 0 aromatic heterocycles. The van der Waals surface area contributed by atoms with Crippen LogP contribution in [0.5, 0.6) is 0 Å². The molecule has 0 aliphatic rings. The van der Waals surface area contributed by atoms with E-state index >= 15 is 0 Å². The van der Waals surface area contributed by atoms with Gasteiger partial charge in [-0.3, -0.25) is 0 Å². The van der Waals surface area contributed by atoms with Crippen LogP contribution in [0.4, 0.5) is 5.69 Å². The third-order valence-electron chi connectivity index (χ3n) is 1.73. The van der Waals surface area contributed by atoms with Crippen LogP contribution in [-0.2, 0) is 10.0 Å². The second kappa shape index (κ2) is 6.77. The molecule has 0 amide bonds. The van der Waals surface area contributed by atoms with E-state index in [1.807, 2.05) is 0 Å². The highest BCUT2D eigenvalue weighted by atomic mass is 35.5. The van der Waals surface area contributed by atoms with Gasteiger partial charge in [0, 0.05) is 5.02 Å². The number of hydrogen-bond donors (Lipinski definition) is 0. The number of anilines is 1. The molecular formula is C9H9Cl4NO2S2. The first-order valence-corrected chi connectivity index (χ1v) is 8.94. The van der Waals surface area contributed by atoms with Crippen molar-refractivity contribution >= 4 is 74.1 Å². The van der Waals surface area contributed by atoms with Gasteiger partial charge < -0.3 is 0 Å². The van der Waals surface area contributed by atoms with Crippen molar-refractivity contribution in [2.24, 2.45) is 0 Å². The standard InChI is InChI=1S/C9H9Cl4NO2S2/c1-18(15,16)14(17-9(13)8(11)12)7-4-2-6(10)3-5-7/h2-5,8-9H,1H3. The predicted molar refractivity (Wildman–Crippen MR) is 81.5 cm³/mol. The van der Waals surface area contributed by atoms with E-state index in [1.54, 1.807) is 24.3 Å². The van der Waals surface area contributed by atoms with E-state index in [9.17, 15) is 8.42 Å². The highest BCUT2D eigenvalue weighted by molar-refractivity contribution is 8.15. The molecule has 0 radical (unpaired) electrons. The van der Waals surface area contributed by atoms with E-state index in [1.165, 1.54) is 0 Å². The van der Waals surface area contributed by atoms with Crippen LogP contribution in [0.2, 0.25) is 5.02 Å². The lowest BCUT2D eigenvalue weighted by Gasteiger charge is -2.23. The summed E-state index contributed by atoms with van der Waals surface area (Å²) in [4.78, 5) is -0.895. The molecule has 3 nitrogen and oxygen atoms in total. The Kier molecular flexibility index (Phi) is 6.22. The van der Waals surface area contributed by atoms with Crippen molar-refractivity contribution in [3.63, 3.8) is 0 Å². The van der Waals surface area contributed by atoms with E-state index in [2.05, 4.69) is 0 Å². The molecule has 1 aromatic rings. The van der Waals surface area contributed by atoms with Gasteiger partial charge in [0.15, 0.2) is 0 Å². The average molecular weight is 369 g/mol. The van der Waals surface area contributed by atoms with Crippen LogP contribution in [0.25, 0.3) is 0 Å². The number of hydrogen-bond acceptors (Lipinski definition) is 3. The topological polar surface area (TPSA) is 37.4 Å². The maximum atomic E-state index is 11.7. The van der Waals surface area contributed by atoms with Crippen LogP contribution in [-0.4, -0.2) is 24.2 Å². The van der Waals surface area contributed by atoms with Crippen molar-refractivity contribution in [2.45, 2.75) is 9.55 Å². The van der Waals surface area contributed by atoms with Crippen LogP contribution < -0.4 is 3.71 Å². The van der Waals surface area contributed by atoms with Gasteiger partial charge in [-0.2, -0.15) is 0 Å². The molecule has 1 aromatic carbocycles. The number of benzene rings is 1. The molecule has 0 spiro atoms. The second-order valence-corrected chi connectivity index (χ2v) is 8.73. The van der Waals surface area contributed by atoms with Gasteiger partial charge >= 0.3 is 0 Å². The summed E-state index contributed by atoms with van der Waals surface area (Å²) < 4.78 is 23.7.